The van der Waals surface area contributed by atoms with Crippen molar-refractivity contribution < 1.29 is 24.2 Å². The van der Waals surface area contributed by atoms with E-state index in [1.165, 1.54) is 0 Å². The Morgan fingerprint density at radius 2 is 1.65 bits per heavy atom. The van der Waals surface area contributed by atoms with Gasteiger partial charge in [-0.25, -0.2) is 4.79 Å². The van der Waals surface area contributed by atoms with Crippen LogP contribution in [0.4, 0.5) is 4.79 Å². The summed E-state index contributed by atoms with van der Waals surface area (Å²) >= 11 is 0. The number of hydrogen-bond donors (Lipinski definition) is 1. The van der Waals surface area contributed by atoms with Gasteiger partial charge in [0, 0.05) is 18.7 Å². The predicted octanol–water partition coefficient (Wildman–Crippen LogP) is 5.63. The first-order chi connectivity index (χ1) is 16.4. The molecule has 34 heavy (non-hydrogen) atoms. The third kappa shape index (κ3) is 6.61. The van der Waals surface area contributed by atoms with Crippen LogP contribution in [0.3, 0.4) is 0 Å². The summed E-state index contributed by atoms with van der Waals surface area (Å²) in [6.45, 7) is 6.96. The molecule has 0 atom stereocenters. The van der Waals surface area contributed by atoms with E-state index in [0.29, 0.717) is 25.3 Å². The number of phenols is 1. The van der Waals surface area contributed by atoms with Gasteiger partial charge in [-0.05, 0) is 55.2 Å². The molecule has 0 aliphatic heterocycles. The first-order valence-electron chi connectivity index (χ1n) is 11.4. The Bertz CT molecular complexity index is 1130. The smallest absolute Gasteiger partial charge is 0.410 e. The van der Waals surface area contributed by atoms with Gasteiger partial charge in [-0.1, -0.05) is 60.2 Å². The van der Waals surface area contributed by atoms with Gasteiger partial charge in [0.2, 0.25) is 0 Å². The van der Waals surface area contributed by atoms with E-state index in [-0.39, 0.29) is 24.7 Å². The second-order valence-corrected chi connectivity index (χ2v) is 8.05. The quantitative estimate of drug-likeness (QED) is 0.418. The minimum absolute atomic E-state index is 0.104. The maximum Gasteiger partial charge on any atom is 0.410 e. The summed E-state index contributed by atoms with van der Waals surface area (Å²) < 4.78 is 10.6. The molecule has 0 bridgehead atoms. The van der Waals surface area contributed by atoms with E-state index in [9.17, 15) is 14.7 Å². The number of hydrogen-bond acceptors (Lipinski definition) is 5. The van der Waals surface area contributed by atoms with Crippen LogP contribution in [0.1, 0.15) is 36.1 Å². The van der Waals surface area contributed by atoms with Crippen molar-refractivity contribution >= 4 is 12.1 Å². The number of phenolic OH excluding ortho intramolecular Hbond substituents is 1. The van der Waals surface area contributed by atoms with Gasteiger partial charge < -0.3 is 19.5 Å². The molecule has 0 aromatic heterocycles. The zero-order chi connectivity index (χ0) is 24.5. The number of aromatic hydroxyl groups is 1. The van der Waals surface area contributed by atoms with Crippen LogP contribution in [0, 0.1) is 6.92 Å². The van der Waals surface area contributed by atoms with E-state index in [1.807, 2.05) is 62.4 Å². The number of nitrogens with zero attached hydrogens (tertiary/aromatic N) is 1. The largest absolute Gasteiger partial charge is 0.507 e. The van der Waals surface area contributed by atoms with E-state index in [1.54, 1.807) is 30.0 Å². The highest BCUT2D eigenvalue weighted by molar-refractivity contribution is 5.78. The van der Waals surface area contributed by atoms with Crippen LogP contribution >= 0.6 is 0 Å². The van der Waals surface area contributed by atoms with Gasteiger partial charge in [0.1, 0.15) is 12.4 Å². The molecular formula is C28H31NO5. The number of esters is 1. The molecule has 0 aliphatic carbocycles. The Morgan fingerprint density at radius 3 is 2.35 bits per heavy atom. The Labute approximate surface area is 200 Å². The molecule has 0 heterocycles. The van der Waals surface area contributed by atoms with Crippen LogP contribution in [0.2, 0.25) is 0 Å². The first-order valence-corrected chi connectivity index (χ1v) is 11.4. The lowest BCUT2D eigenvalue weighted by Crippen LogP contribution is -2.31. The van der Waals surface area contributed by atoms with Crippen LogP contribution in [-0.4, -0.2) is 35.2 Å². The van der Waals surface area contributed by atoms with Gasteiger partial charge in [-0.15, -0.1) is 0 Å². The predicted molar refractivity (Wildman–Crippen MR) is 131 cm³/mol. The first kappa shape index (κ1) is 24.8. The lowest BCUT2D eigenvalue weighted by molar-refractivity contribution is -0.142. The van der Waals surface area contributed by atoms with Gasteiger partial charge in [0.15, 0.2) is 0 Å². The summed E-state index contributed by atoms with van der Waals surface area (Å²) in [6, 6.07) is 20.5. The fourth-order valence-electron chi connectivity index (χ4n) is 3.73. The van der Waals surface area contributed by atoms with Crippen molar-refractivity contribution in [1.82, 2.24) is 4.90 Å². The molecule has 0 unspecified atom stereocenters. The summed E-state index contributed by atoms with van der Waals surface area (Å²) in [5.74, 6) is -0.214. The SMILES string of the molecule is CCOC(=O)Cc1ccc(O)c(-c2ccc(C)cc2CN(CC)C(=O)OCc2ccccc2)c1. The number of amides is 1. The molecule has 3 rings (SSSR count). The summed E-state index contributed by atoms with van der Waals surface area (Å²) in [4.78, 5) is 26.4. The van der Waals surface area contributed by atoms with E-state index >= 15 is 0 Å². The zero-order valence-electron chi connectivity index (χ0n) is 19.9. The lowest BCUT2D eigenvalue weighted by Gasteiger charge is -2.23. The van der Waals surface area contributed by atoms with Gasteiger partial charge in [0.05, 0.1) is 13.0 Å². The Morgan fingerprint density at radius 1 is 0.882 bits per heavy atom. The molecule has 0 fully saturated rings. The maximum atomic E-state index is 12.8. The molecule has 6 heteroatoms. The molecule has 3 aromatic carbocycles. The molecule has 6 nitrogen and oxygen atoms in total. The molecule has 3 aromatic rings. The van der Waals surface area contributed by atoms with Gasteiger partial charge >= 0.3 is 12.1 Å². The van der Waals surface area contributed by atoms with Crippen molar-refractivity contribution in [2.75, 3.05) is 13.2 Å². The third-order valence-electron chi connectivity index (χ3n) is 5.47. The molecule has 0 spiro atoms. The molecule has 178 valence electrons. The van der Waals surface area contributed by atoms with E-state index in [2.05, 4.69) is 0 Å². The fourth-order valence-corrected chi connectivity index (χ4v) is 3.73. The van der Waals surface area contributed by atoms with Gasteiger partial charge in [-0.2, -0.15) is 0 Å². The van der Waals surface area contributed by atoms with Gasteiger partial charge in [-0.3, -0.25) is 4.79 Å². The minimum atomic E-state index is -0.404. The summed E-state index contributed by atoms with van der Waals surface area (Å²) in [6.07, 6.45) is -0.283. The number of carbonyl (C=O) groups excluding carboxylic acids is 2. The van der Waals surface area contributed by atoms with Crippen molar-refractivity contribution in [3.63, 3.8) is 0 Å². The van der Waals surface area contributed by atoms with Crippen molar-refractivity contribution in [3.8, 4) is 16.9 Å². The normalized spacial score (nSPS) is 10.6. The monoisotopic (exact) mass is 461 g/mol. The highest BCUT2D eigenvalue weighted by Crippen LogP contribution is 2.34. The highest BCUT2D eigenvalue weighted by Gasteiger charge is 2.18. The zero-order valence-corrected chi connectivity index (χ0v) is 19.9. The average molecular weight is 462 g/mol. The number of rotatable bonds is 9. The third-order valence-corrected chi connectivity index (χ3v) is 5.47. The van der Waals surface area contributed by atoms with Crippen molar-refractivity contribution in [3.05, 3.63) is 89.0 Å². The molecule has 1 amide bonds. The number of ether oxygens (including phenoxy) is 2. The molecule has 0 saturated heterocycles. The average Bonchev–Trinajstić information content (AvgIpc) is 2.83. The van der Waals surface area contributed by atoms with E-state index in [0.717, 1.165) is 27.8 Å². The highest BCUT2D eigenvalue weighted by atomic mass is 16.6. The van der Waals surface area contributed by atoms with Crippen molar-refractivity contribution in [2.24, 2.45) is 0 Å². The van der Waals surface area contributed by atoms with Crippen LogP contribution in [0.15, 0.2) is 66.7 Å². The van der Waals surface area contributed by atoms with Crippen LogP contribution < -0.4 is 0 Å². The van der Waals surface area contributed by atoms with Crippen LogP contribution in [0.25, 0.3) is 11.1 Å². The van der Waals surface area contributed by atoms with Crippen molar-refractivity contribution in [1.29, 1.82) is 0 Å². The second-order valence-electron chi connectivity index (χ2n) is 8.05. The number of benzene rings is 3. The molecule has 1 N–H and O–H groups in total. The lowest BCUT2D eigenvalue weighted by atomic mass is 9.94. The van der Waals surface area contributed by atoms with E-state index in [4.69, 9.17) is 9.47 Å². The van der Waals surface area contributed by atoms with Crippen LogP contribution in [0.5, 0.6) is 5.75 Å². The summed E-state index contributed by atoms with van der Waals surface area (Å²) in [5.41, 5.74) is 4.98. The Hall–Kier alpha value is -3.80. The van der Waals surface area contributed by atoms with Gasteiger partial charge in [0.25, 0.3) is 0 Å². The summed E-state index contributed by atoms with van der Waals surface area (Å²) in [7, 11) is 0. The van der Waals surface area contributed by atoms with E-state index < -0.39 is 6.09 Å². The maximum absolute atomic E-state index is 12.8. The minimum Gasteiger partial charge on any atom is -0.507 e. The molecule has 0 aliphatic rings. The molecule has 0 radical (unpaired) electrons. The summed E-state index contributed by atoms with van der Waals surface area (Å²) in [5, 5.41) is 10.6. The molecule has 0 saturated carbocycles. The van der Waals surface area contributed by atoms with Crippen molar-refractivity contribution in [2.45, 2.75) is 40.3 Å². The standard InChI is InChI=1S/C28H31NO5/c1-4-29(28(32)34-19-21-9-7-6-8-10-21)18-23-15-20(3)11-13-24(23)25-16-22(12-14-26(25)30)17-27(31)33-5-2/h6-16,30H,4-5,17-19H2,1-3H3. The Kier molecular flexibility index (Phi) is 8.68. The number of carbonyl (C=O) groups is 2. The fraction of sp³-hybridized carbons (Fsp3) is 0.286. The molecular weight excluding hydrogens is 430 g/mol. The van der Waals surface area contributed by atoms with Crippen LogP contribution in [-0.2, 0) is 33.8 Å². The topological polar surface area (TPSA) is 76.1 Å². The number of aryl methyl sites for hydroxylation is 1. The Balaban J connectivity index is 1.84. The second kappa shape index (κ2) is 11.9.